The van der Waals surface area contributed by atoms with Crippen molar-refractivity contribution in [3.8, 4) is 5.75 Å². The number of thiazole rings is 1. The maximum absolute atomic E-state index is 12.3. The predicted molar refractivity (Wildman–Crippen MR) is 66.8 cm³/mol. The van der Waals surface area contributed by atoms with Crippen molar-refractivity contribution >= 4 is 21.6 Å². The van der Waals surface area contributed by atoms with Crippen molar-refractivity contribution in [3.63, 3.8) is 0 Å². The largest absolute Gasteiger partial charge is 0.573 e. The van der Waals surface area contributed by atoms with Gasteiger partial charge in [-0.2, -0.15) is 0 Å². The molecule has 0 radical (unpaired) electrons. The number of halogens is 3. The van der Waals surface area contributed by atoms with Gasteiger partial charge in [0.05, 0.1) is 22.9 Å². The second kappa shape index (κ2) is 4.49. The van der Waals surface area contributed by atoms with Gasteiger partial charge in [0.2, 0.25) is 0 Å². The first-order valence-corrected chi connectivity index (χ1v) is 6.80. The van der Waals surface area contributed by atoms with Crippen LogP contribution in [0.3, 0.4) is 0 Å². The molecule has 0 fully saturated rings. The first-order valence-electron chi connectivity index (χ1n) is 5.98. The highest BCUT2D eigenvalue weighted by atomic mass is 32.1. The van der Waals surface area contributed by atoms with E-state index < -0.39 is 6.36 Å². The van der Waals surface area contributed by atoms with E-state index in [4.69, 9.17) is 5.41 Å². The Kier molecular flexibility index (Phi) is 3.02. The maximum atomic E-state index is 12.3. The average molecular weight is 304 g/mol. The summed E-state index contributed by atoms with van der Waals surface area (Å²) in [4.78, 5) is 0.226. The highest BCUT2D eigenvalue weighted by molar-refractivity contribution is 7.16. The minimum absolute atomic E-state index is 0.0807. The molecule has 0 bridgehead atoms. The molecule has 2 heterocycles. The number of benzene rings is 1. The van der Waals surface area contributed by atoms with Crippen LogP contribution in [0.15, 0.2) is 12.1 Å². The Morgan fingerprint density at radius 2 is 2.20 bits per heavy atom. The fourth-order valence-electron chi connectivity index (χ4n) is 2.60. The summed E-state index contributed by atoms with van der Waals surface area (Å²) < 4.78 is 43.1. The molecule has 20 heavy (non-hydrogen) atoms. The summed E-state index contributed by atoms with van der Waals surface area (Å²) in [5, 5.41) is 17.3. The molecule has 4 nitrogen and oxygen atoms in total. The number of aryl methyl sites for hydroxylation is 1. The molecule has 1 atom stereocenters. The van der Waals surface area contributed by atoms with Crippen LogP contribution < -0.4 is 9.54 Å². The molecule has 8 heteroatoms. The number of aliphatic hydroxyl groups is 1. The number of nitrogens with zero attached hydrogens (tertiary/aromatic N) is 1. The topological polar surface area (TPSA) is 58.2 Å². The smallest absolute Gasteiger partial charge is 0.406 e. The van der Waals surface area contributed by atoms with Gasteiger partial charge in [-0.25, -0.2) is 0 Å². The quantitative estimate of drug-likeness (QED) is 0.896. The first-order chi connectivity index (χ1) is 9.39. The second-order valence-corrected chi connectivity index (χ2v) is 5.66. The normalized spacial score (nSPS) is 18.5. The van der Waals surface area contributed by atoms with Gasteiger partial charge in [-0.1, -0.05) is 11.3 Å². The van der Waals surface area contributed by atoms with E-state index in [1.54, 1.807) is 4.57 Å². The van der Waals surface area contributed by atoms with Gasteiger partial charge in [-0.15, -0.1) is 13.2 Å². The van der Waals surface area contributed by atoms with Crippen LogP contribution in [0, 0.1) is 5.41 Å². The van der Waals surface area contributed by atoms with Gasteiger partial charge in [0.25, 0.3) is 0 Å². The Morgan fingerprint density at radius 3 is 2.85 bits per heavy atom. The number of ether oxygens (including phenoxy) is 1. The Bertz CT molecular complexity index is 720. The summed E-state index contributed by atoms with van der Waals surface area (Å²) in [6.07, 6.45) is -3.56. The molecule has 108 valence electrons. The molecule has 3 rings (SSSR count). The average Bonchev–Trinajstić information content (AvgIpc) is 2.66. The molecule has 0 saturated carbocycles. The van der Waals surface area contributed by atoms with Gasteiger partial charge in [0, 0.05) is 0 Å². The number of aromatic nitrogens is 1. The van der Waals surface area contributed by atoms with Crippen molar-refractivity contribution in [2.75, 3.05) is 6.61 Å². The lowest BCUT2D eigenvalue weighted by molar-refractivity contribution is -0.274. The van der Waals surface area contributed by atoms with E-state index in [0.717, 1.165) is 22.4 Å². The van der Waals surface area contributed by atoms with Crippen LogP contribution in [0.2, 0.25) is 0 Å². The SMILES string of the molecule is N=c1sc2cc(OC(F)(F)F)cc3c2n1[C@@H](CO)CC3. The highest BCUT2D eigenvalue weighted by Crippen LogP contribution is 2.36. The van der Waals surface area contributed by atoms with E-state index in [0.29, 0.717) is 17.5 Å². The molecule has 0 aliphatic carbocycles. The van der Waals surface area contributed by atoms with Crippen LogP contribution in [0.25, 0.3) is 10.2 Å². The molecule has 1 aromatic heterocycles. The summed E-state index contributed by atoms with van der Waals surface area (Å²) in [6, 6.07) is 2.48. The number of aliphatic hydroxyl groups excluding tert-OH is 1. The van der Waals surface area contributed by atoms with Gasteiger partial charge in [0.1, 0.15) is 5.75 Å². The minimum Gasteiger partial charge on any atom is -0.406 e. The number of hydrogen-bond acceptors (Lipinski definition) is 4. The van der Waals surface area contributed by atoms with Gasteiger partial charge >= 0.3 is 6.36 Å². The summed E-state index contributed by atoms with van der Waals surface area (Å²) >= 11 is 1.09. The lowest BCUT2D eigenvalue weighted by Crippen LogP contribution is -2.26. The fourth-order valence-corrected chi connectivity index (χ4v) is 3.65. The third-order valence-corrected chi connectivity index (χ3v) is 4.27. The predicted octanol–water partition coefficient (Wildman–Crippen LogP) is 2.56. The van der Waals surface area contributed by atoms with Crippen LogP contribution in [0.5, 0.6) is 5.75 Å². The molecule has 0 unspecified atom stereocenters. The van der Waals surface area contributed by atoms with E-state index in [2.05, 4.69) is 4.74 Å². The molecule has 0 amide bonds. The molecular formula is C12H11F3N2O2S. The summed E-state index contributed by atoms with van der Waals surface area (Å²) in [5.74, 6) is -0.254. The lowest BCUT2D eigenvalue weighted by Gasteiger charge is -2.24. The van der Waals surface area contributed by atoms with E-state index in [9.17, 15) is 18.3 Å². The van der Waals surface area contributed by atoms with Crippen LogP contribution >= 0.6 is 11.3 Å². The number of alkyl halides is 3. The summed E-state index contributed by atoms with van der Waals surface area (Å²) in [6.45, 7) is -0.0807. The molecule has 1 aliphatic heterocycles. The molecule has 2 aromatic rings. The molecular weight excluding hydrogens is 293 g/mol. The lowest BCUT2D eigenvalue weighted by atomic mass is 9.99. The molecule has 1 aromatic carbocycles. The Labute approximate surface area is 115 Å². The van der Waals surface area contributed by atoms with E-state index >= 15 is 0 Å². The second-order valence-electron chi connectivity index (χ2n) is 4.63. The van der Waals surface area contributed by atoms with Crippen LogP contribution in [-0.4, -0.2) is 22.6 Å². The van der Waals surface area contributed by atoms with Crippen molar-refractivity contribution in [1.29, 1.82) is 5.41 Å². The van der Waals surface area contributed by atoms with Gasteiger partial charge in [0.15, 0.2) is 4.80 Å². The minimum atomic E-state index is -4.72. The van der Waals surface area contributed by atoms with Gasteiger partial charge in [-0.05, 0) is 30.5 Å². The number of hydrogen-bond donors (Lipinski definition) is 2. The molecule has 0 spiro atoms. The number of rotatable bonds is 2. The van der Waals surface area contributed by atoms with E-state index in [1.807, 2.05) is 0 Å². The third-order valence-electron chi connectivity index (χ3n) is 3.35. The molecule has 1 aliphatic rings. The standard InChI is InChI=1S/C12H11F3N2O2S/c13-12(14,15)19-8-3-6-1-2-7(5-18)17-10(6)9(4-8)20-11(17)16/h3-4,7,16,18H,1-2,5H2/t7-/m1/s1. The van der Waals surface area contributed by atoms with Crippen LogP contribution in [0.1, 0.15) is 18.0 Å². The summed E-state index contributed by atoms with van der Waals surface area (Å²) in [5.41, 5.74) is 1.46. The Morgan fingerprint density at radius 1 is 1.45 bits per heavy atom. The zero-order valence-corrected chi connectivity index (χ0v) is 11.0. The Hall–Kier alpha value is -1.54. The van der Waals surface area contributed by atoms with E-state index in [1.165, 1.54) is 12.1 Å². The van der Waals surface area contributed by atoms with Crippen LogP contribution in [0.4, 0.5) is 13.2 Å². The highest BCUT2D eigenvalue weighted by Gasteiger charge is 2.32. The van der Waals surface area contributed by atoms with Crippen molar-refractivity contribution in [2.24, 2.45) is 0 Å². The van der Waals surface area contributed by atoms with Crippen molar-refractivity contribution < 1.29 is 23.0 Å². The summed E-state index contributed by atoms with van der Waals surface area (Å²) in [7, 11) is 0. The molecule has 2 N–H and O–H groups in total. The maximum Gasteiger partial charge on any atom is 0.573 e. The third kappa shape index (κ3) is 2.18. The molecule has 0 saturated heterocycles. The number of nitrogens with one attached hydrogen (secondary N) is 1. The monoisotopic (exact) mass is 304 g/mol. The fraction of sp³-hybridized carbons (Fsp3) is 0.417. The van der Waals surface area contributed by atoms with Crippen molar-refractivity contribution in [3.05, 3.63) is 22.5 Å². The van der Waals surface area contributed by atoms with Crippen molar-refractivity contribution in [1.82, 2.24) is 4.57 Å². The van der Waals surface area contributed by atoms with Gasteiger partial charge in [-0.3, -0.25) is 5.41 Å². The zero-order valence-electron chi connectivity index (χ0n) is 10.2. The van der Waals surface area contributed by atoms with Crippen LogP contribution in [-0.2, 0) is 6.42 Å². The van der Waals surface area contributed by atoms with Crippen molar-refractivity contribution in [2.45, 2.75) is 25.2 Å². The van der Waals surface area contributed by atoms with Gasteiger partial charge < -0.3 is 14.4 Å². The Balaban J connectivity index is 2.18. The zero-order chi connectivity index (χ0) is 14.5. The first kappa shape index (κ1) is 13.4. The van der Waals surface area contributed by atoms with E-state index in [-0.39, 0.29) is 23.2 Å².